The SMILES string of the molecule is CC(C)c1cc2n(n1)CC(C)(C(=O)NC1CCCCC1)N(Cc1ccccc1Cl)C2=O. The van der Waals surface area contributed by atoms with Gasteiger partial charge in [0.1, 0.15) is 11.2 Å². The quantitative estimate of drug-likeness (QED) is 0.740. The molecule has 1 aliphatic heterocycles. The van der Waals surface area contributed by atoms with Crippen molar-refractivity contribution in [3.05, 3.63) is 52.3 Å². The average Bonchev–Trinajstić information content (AvgIpc) is 3.17. The largest absolute Gasteiger partial charge is 0.351 e. The first-order chi connectivity index (χ1) is 14.8. The first-order valence-corrected chi connectivity index (χ1v) is 11.6. The van der Waals surface area contributed by atoms with E-state index in [1.54, 1.807) is 9.58 Å². The first kappa shape index (κ1) is 21.9. The maximum Gasteiger partial charge on any atom is 0.273 e. The van der Waals surface area contributed by atoms with Gasteiger partial charge in [0.05, 0.1) is 12.2 Å². The number of hydrogen-bond donors (Lipinski definition) is 1. The second-order valence-corrected chi connectivity index (χ2v) is 9.74. The number of aromatic nitrogens is 2. The number of carbonyl (C=O) groups excluding carboxylic acids is 2. The molecule has 0 bridgehead atoms. The third-order valence-electron chi connectivity index (χ3n) is 6.62. The molecule has 2 amide bonds. The van der Waals surface area contributed by atoms with Crippen molar-refractivity contribution >= 4 is 23.4 Å². The predicted molar refractivity (Wildman–Crippen MR) is 121 cm³/mol. The van der Waals surface area contributed by atoms with E-state index in [1.165, 1.54) is 6.42 Å². The highest BCUT2D eigenvalue weighted by molar-refractivity contribution is 6.31. The van der Waals surface area contributed by atoms with Gasteiger partial charge in [0, 0.05) is 17.6 Å². The van der Waals surface area contributed by atoms with E-state index in [1.807, 2.05) is 37.3 Å². The second-order valence-electron chi connectivity index (χ2n) is 9.33. The summed E-state index contributed by atoms with van der Waals surface area (Å²) in [4.78, 5) is 28.9. The number of carbonyl (C=O) groups is 2. The molecule has 4 rings (SSSR count). The normalized spacial score (nSPS) is 22.0. The van der Waals surface area contributed by atoms with E-state index in [2.05, 4.69) is 24.3 Å². The van der Waals surface area contributed by atoms with E-state index < -0.39 is 5.54 Å². The minimum Gasteiger partial charge on any atom is -0.351 e. The molecule has 6 nitrogen and oxygen atoms in total. The highest BCUT2D eigenvalue weighted by Crippen LogP contribution is 2.32. The number of benzene rings is 1. The van der Waals surface area contributed by atoms with Crippen LogP contribution >= 0.6 is 11.6 Å². The summed E-state index contributed by atoms with van der Waals surface area (Å²) < 4.78 is 1.71. The summed E-state index contributed by atoms with van der Waals surface area (Å²) in [5, 5.41) is 8.47. The van der Waals surface area contributed by atoms with Crippen molar-refractivity contribution in [2.75, 3.05) is 0 Å². The Bertz CT molecular complexity index is 980. The van der Waals surface area contributed by atoms with Gasteiger partial charge in [-0.15, -0.1) is 0 Å². The van der Waals surface area contributed by atoms with Gasteiger partial charge < -0.3 is 10.2 Å². The molecule has 31 heavy (non-hydrogen) atoms. The zero-order valence-corrected chi connectivity index (χ0v) is 19.3. The van der Waals surface area contributed by atoms with E-state index in [-0.39, 0.29) is 30.3 Å². The van der Waals surface area contributed by atoms with Crippen LogP contribution in [0.25, 0.3) is 0 Å². The van der Waals surface area contributed by atoms with E-state index >= 15 is 0 Å². The molecule has 2 aromatic rings. The van der Waals surface area contributed by atoms with Crippen molar-refractivity contribution in [3.63, 3.8) is 0 Å². The van der Waals surface area contributed by atoms with Crippen LogP contribution in [-0.4, -0.2) is 38.1 Å². The molecule has 7 heteroatoms. The van der Waals surface area contributed by atoms with Crippen molar-refractivity contribution in [1.29, 1.82) is 0 Å². The molecule has 0 saturated heterocycles. The van der Waals surface area contributed by atoms with E-state index in [0.29, 0.717) is 17.3 Å². The fourth-order valence-corrected chi connectivity index (χ4v) is 4.77. The zero-order chi connectivity index (χ0) is 22.2. The van der Waals surface area contributed by atoms with Gasteiger partial charge in [0.15, 0.2) is 0 Å². The van der Waals surface area contributed by atoms with Gasteiger partial charge in [-0.1, -0.05) is 62.9 Å². The Labute approximate surface area is 188 Å². The molecule has 0 spiro atoms. The molecule has 1 saturated carbocycles. The molecule has 0 radical (unpaired) electrons. The summed E-state index contributed by atoms with van der Waals surface area (Å²) in [6.45, 7) is 6.54. The molecule has 1 N–H and O–H groups in total. The van der Waals surface area contributed by atoms with Gasteiger partial charge in [-0.25, -0.2) is 0 Å². The minimum atomic E-state index is -1.05. The lowest BCUT2D eigenvalue weighted by molar-refractivity contribution is -0.134. The molecule has 2 heterocycles. The first-order valence-electron chi connectivity index (χ1n) is 11.2. The van der Waals surface area contributed by atoms with Crippen LogP contribution < -0.4 is 5.32 Å². The lowest BCUT2D eigenvalue weighted by atomic mass is 9.91. The third-order valence-corrected chi connectivity index (χ3v) is 6.99. The molecular weight excluding hydrogens is 412 g/mol. The third kappa shape index (κ3) is 4.22. The fraction of sp³-hybridized carbons (Fsp3) is 0.542. The molecule has 2 aliphatic rings. The Balaban J connectivity index is 1.70. The highest BCUT2D eigenvalue weighted by Gasteiger charge is 2.48. The standard InChI is InChI=1S/C24H31ClN4O2/c1-16(2)20-13-21-22(30)28(14-17-9-7-8-12-19(17)25)24(3,15-29(21)27-20)23(31)26-18-10-5-4-6-11-18/h7-9,12-13,16,18H,4-6,10-11,14-15H2,1-3H3,(H,26,31). The van der Waals surface area contributed by atoms with Crippen LogP contribution in [0.3, 0.4) is 0 Å². The molecule has 1 fully saturated rings. The van der Waals surface area contributed by atoms with Crippen molar-refractivity contribution in [2.45, 2.75) is 83.5 Å². The van der Waals surface area contributed by atoms with Gasteiger partial charge in [0.25, 0.3) is 5.91 Å². The van der Waals surface area contributed by atoms with Crippen LogP contribution in [0.2, 0.25) is 5.02 Å². The summed E-state index contributed by atoms with van der Waals surface area (Å²) >= 11 is 6.41. The van der Waals surface area contributed by atoms with Crippen LogP contribution in [0, 0.1) is 0 Å². The number of halogens is 1. The smallest absolute Gasteiger partial charge is 0.273 e. The maximum absolute atomic E-state index is 13.6. The zero-order valence-electron chi connectivity index (χ0n) is 18.5. The number of nitrogens with zero attached hydrogens (tertiary/aromatic N) is 3. The maximum atomic E-state index is 13.6. The Morgan fingerprint density at radius 2 is 1.97 bits per heavy atom. The Kier molecular flexibility index (Phi) is 6.11. The highest BCUT2D eigenvalue weighted by atomic mass is 35.5. The number of hydrogen-bond acceptors (Lipinski definition) is 3. The Hall–Kier alpha value is -2.34. The summed E-state index contributed by atoms with van der Waals surface area (Å²) in [5.74, 6) is -0.107. The van der Waals surface area contributed by atoms with Crippen LogP contribution in [0.1, 0.15) is 80.5 Å². The lowest BCUT2D eigenvalue weighted by Crippen LogP contribution is -2.64. The van der Waals surface area contributed by atoms with Gasteiger partial charge in [0.2, 0.25) is 5.91 Å². The number of amides is 2. The van der Waals surface area contributed by atoms with Crippen molar-refractivity contribution in [1.82, 2.24) is 20.0 Å². The van der Waals surface area contributed by atoms with Gasteiger partial charge >= 0.3 is 0 Å². The number of fused-ring (bicyclic) bond motifs is 1. The fourth-order valence-electron chi connectivity index (χ4n) is 4.58. The summed E-state index contributed by atoms with van der Waals surface area (Å²) in [7, 11) is 0. The monoisotopic (exact) mass is 442 g/mol. The topological polar surface area (TPSA) is 67.2 Å². The van der Waals surface area contributed by atoms with Crippen molar-refractivity contribution < 1.29 is 9.59 Å². The Morgan fingerprint density at radius 1 is 1.26 bits per heavy atom. The van der Waals surface area contributed by atoms with Crippen LogP contribution in [0.4, 0.5) is 0 Å². The molecule has 1 aromatic carbocycles. The summed E-state index contributed by atoms with van der Waals surface area (Å²) in [5.41, 5.74) is 1.16. The van der Waals surface area contributed by atoms with Crippen LogP contribution in [-0.2, 0) is 17.9 Å². The summed E-state index contributed by atoms with van der Waals surface area (Å²) in [6, 6.07) is 9.50. The number of nitrogens with one attached hydrogen (secondary N) is 1. The van der Waals surface area contributed by atoms with Crippen LogP contribution in [0.5, 0.6) is 0 Å². The van der Waals surface area contributed by atoms with Gasteiger partial charge in [-0.05, 0) is 43.4 Å². The van der Waals surface area contributed by atoms with Gasteiger partial charge in [-0.3, -0.25) is 14.3 Å². The predicted octanol–water partition coefficient (Wildman–Crippen LogP) is 4.52. The average molecular weight is 443 g/mol. The van der Waals surface area contributed by atoms with Crippen molar-refractivity contribution in [2.24, 2.45) is 0 Å². The minimum absolute atomic E-state index is 0.118. The molecule has 166 valence electrons. The molecule has 1 aliphatic carbocycles. The second kappa shape index (κ2) is 8.65. The van der Waals surface area contributed by atoms with E-state index in [0.717, 1.165) is 36.9 Å². The Morgan fingerprint density at radius 3 is 2.65 bits per heavy atom. The lowest BCUT2D eigenvalue weighted by Gasteiger charge is -2.44. The van der Waals surface area contributed by atoms with E-state index in [9.17, 15) is 9.59 Å². The molecule has 1 aromatic heterocycles. The van der Waals surface area contributed by atoms with Crippen molar-refractivity contribution in [3.8, 4) is 0 Å². The molecular formula is C24H31ClN4O2. The summed E-state index contributed by atoms with van der Waals surface area (Å²) in [6.07, 6.45) is 5.46. The van der Waals surface area contributed by atoms with Crippen LogP contribution in [0.15, 0.2) is 30.3 Å². The van der Waals surface area contributed by atoms with Gasteiger partial charge in [-0.2, -0.15) is 5.10 Å². The molecule has 1 atom stereocenters. The number of rotatable bonds is 5. The molecule has 1 unspecified atom stereocenters. The van der Waals surface area contributed by atoms with E-state index in [4.69, 9.17) is 11.6 Å².